The summed E-state index contributed by atoms with van der Waals surface area (Å²) in [5.74, 6) is 1.72. The van der Waals surface area contributed by atoms with Crippen LogP contribution in [0.1, 0.15) is 36.0 Å². The van der Waals surface area contributed by atoms with E-state index in [1.165, 1.54) is 6.07 Å². The van der Waals surface area contributed by atoms with Crippen LogP contribution in [-0.2, 0) is 17.1 Å². The molecule has 0 amide bonds. The van der Waals surface area contributed by atoms with E-state index in [0.29, 0.717) is 17.3 Å². The Morgan fingerprint density at radius 2 is 2.08 bits per heavy atom. The summed E-state index contributed by atoms with van der Waals surface area (Å²) in [7, 11) is -1.98. The van der Waals surface area contributed by atoms with Gasteiger partial charge in [-0.25, -0.2) is 13.4 Å². The third-order valence-corrected chi connectivity index (χ3v) is 6.05. The van der Waals surface area contributed by atoms with Crippen molar-refractivity contribution in [2.24, 2.45) is 13.0 Å². The molecule has 1 N–H and O–H groups in total. The van der Waals surface area contributed by atoms with Gasteiger partial charge in [0.1, 0.15) is 5.82 Å². The summed E-state index contributed by atoms with van der Waals surface area (Å²) >= 11 is 0. The molecule has 1 unspecified atom stereocenters. The van der Waals surface area contributed by atoms with E-state index < -0.39 is 10.0 Å². The summed E-state index contributed by atoms with van der Waals surface area (Å²) < 4.78 is 41.0. The molecule has 1 atom stereocenters. The van der Waals surface area contributed by atoms with E-state index in [2.05, 4.69) is 14.9 Å². The fourth-order valence-electron chi connectivity index (χ4n) is 2.92. The molecule has 3 aromatic rings. The molecule has 0 bridgehead atoms. The predicted octanol–water partition coefficient (Wildman–Crippen LogP) is 2.71. The summed E-state index contributed by atoms with van der Waals surface area (Å²) in [6, 6.07) is 2.63. The summed E-state index contributed by atoms with van der Waals surface area (Å²) in [4.78, 5) is 4.30. The van der Waals surface area contributed by atoms with Crippen molar-refractivity contribution in [1.82, 2.24) is 19.4 Å². The number of rotatable bonds is 6. The van der Waals surface area contributed by atoms with E-state index in [9.17, 15) is 8.42 Å². The first-order valence-electron chi connectivity index (χ1n) is 8.39. The normalized spacial score (nSPS) is 16.1. The molecule has 0 radical (unpaired) electrons. The number of hydrogen-bond acceptors (Lipinski definition) is 6. The van der Waals surface area contributed by atoms with Crippen LogP contribution in [0, 0.1) is 19.8 Å². The first kappa shape index (κ1) is 17.0. The second-order valence-corrected chi connectivity index (χ2v) is 8.32. The van der Waals surface area contributed by atoms with Crippen molar-refractivity contribution in [1.29, 1.82) is 0 Å². The van der Waals surface area contributed by atoms with E-state index in [0.717, 1.165) is 24.1 Å². The molecule has 8 nitrogen and oxygen atoms in total. The van der Waals surface area contributed by atoms with E-state index in [4.69, 9.17) is 8.94 Å². The first-order chi connectivity index (χ1) is 12.4. The molecule has 0 saturated heterocycles. The Balaban J connectivity index is 1.63. The zero-order valence-corrected chi connectivity index (χ0v) is 15.6. The third kappa shape index (κ3) is 2.97. The van der Waals surface area contributed by atoms with Gasteiger partial charge in [0.25, 0.3) is 10.0 Å². The predicted molar refractivity (Wildman–Crippen MR) is 92.7 cm³/mol. The summed E-state index contributed by atoms with van der Waals surface area (Å²) in [6.45, 7) is 3.66. The highest BCUT2D eigenvalue weighted by Gasteiger charge is 2.38. The maximum Gasteiger partial charge on any atom is 0.274 e. The molecule has 9 heteroatoms. The Morgan fingerprint density at radius 3 is 2.65 bits per heavy atom. The second-order valence-electron chi connectivity index (χ2n) is 6.67. The minimum absolute atomic E-state index is 0.152. The molecule has 138 valence electrons. The van der Waals surface area contributed by atoms with Gasteiger partial charge >= 0.3 is 0 Å². The van der Waals surface area contributed by atoms with E-state index >= 15 is 0 Å². The van der Waals surface area contributed by atoms with E-state index in [1.54, 1.807) is 18.5 Å². The number of nitrogens with zero attached hydrogens (tertiary/aromatic N) is 3. The molecule has 0 aromatic carbocycles. The standard InChI is InChI=1S/C17H20N4O4S/c1-10-11(2)19-25-16(10)13-6-7-14(24-13)26(22,23)20-15(12-4-5-12)17-18-8-9-21(17)3/h6-9,12,15,20H,4-5H2,1-3H3. The lowest BCUT2D eigenvalue weighted by Crippen LogP contribution is -2.31. The summed E-state index contributed by atoms with van der Waals surface area (Å²) in [5.41, 5.74) is 1.56. The molecule has 0 spiro atoms. The zero-order valence-electron chi connectivity index (χ0n) is 14.8. The van der Waals surface area contributed by atoms with Crippen LogP contribution in [0.2, 0.25) is 0 Å². The molecule has 1 aliphatic carbocycles. The van der Waals surface area contributed by atoms with Crippen molar-refractivity contribution < 1.29 is 17.4 Å². The number of aryl methyl sites for hydroxylation is 2. The highest BCUT2D eigenvalue weighted by Crippen LogP contribution is 2.41. The molecule has 3 aromatic heterocycles. The maximum atomic E-state index is 12.8. The molecule has 0 aliphatic heterocycles. The largest absolute Gasteiger partial charge is 0.440 e. The Kier molecular flexibility index (Phi) is 4.00. The molecule has 1 saturated carbocycles. The van der Waals surface area contributed by atoms with Gasteiger partial charge in [-0.2, -0.15) is 4.72 Å². The van der Waals surface area contributed by atoms with Gasteiger partial charge in [-0.05, 0) is 44.7 Å². The summed E-state index contributed by atoms with van der Waals surface area (Å²) in [6.07, 6.45) is 5.41. The fourth-order valence-corrected chi connectivity index (χ4v) is 4.12. The monoisotopic (exact) mass is 376 g/mol. The minimum Gasteiger partial charge on any atom is -0.440 e. The highest BCUT2D eigenvalue weighted by atomic mass is 32.2. The van der Waals surface area contributed by atoms with E-state index in [-0.39, 0.29) is 17.1 Å². The quantitative estimate of drug-likeness (QED) is 0.709. The van der Waals surface area contributed by atoms with Gasteiger partial charge in [0.05, 0.1) is 11.7 Å². The molecule has 26 heavy (non-hydrogen) atoms. The van der Waals surface area contributed by atoms with Crippen molar-refractivity contribution in [3.05, 3.63) is 41.6 Å². The molecule has 3 heterocycles. The first-order valence-corrected chi connectivity index (χ1v) is 9.88. The van der Waals surface area contributed by atoms with Crippen LogP contribution in [0.3, 0.4) is 0 Å². The van der Waals surface area contributed by atoms with Gasteiger partial charge in [0.15, 0.2) is 5.76 Å². The fraction of sp³-hybridized carbons (Fsp3) is 0.412. The van der Waals surface area contributed by atoms with Crippen LogP contribution in [0.15, 0.2) is 38.6 Å². The molecular weight excluding hydrogens is 356 g/mol. The summed E-state index contributed by atoms with van der Waals surface area (Å²) in [5, 5.41) is 3.72. The van der Waals surface area contributed by atoms with Gasteiger partial charge < -0.3 is 13.5 Å². The van der Waals surface area contributed by atoms with Gasteiger partial charge in [-0.1, -0.05) is 5.16 Å². The van der Waals surface area contributed by atoms with Crippen molar-refractivity contribution in [2.45, 2.75) is 37.8 Å². The lowest BCUT2D eigenvalue weighted by molar-refractivity contribution is 0.395. The van der Waals surface area contributed by atoms with Gasteiger partial charge in [-0.15, -0.1) is 0 Å². The average molecular weight is 376 g/mol. The van der Waals surface area contributed by atoms with Crippen LogP contribution in [0.25, 0.3) is 11.5 Å². The van der Waals surface area contributed by atoms with Crippen LogP contribution >= 0.6 is 0 Å². The Hall–Kier alpha value is -2.39. The molecule has 4 rings (SSSR count). The second kappa shape index (κ2) is 6.10. The SMILES string of the molecule is Cc1noc(-c2ccc(S(=O)(=O)NC(c3nccn3C)C3CC3)o2)c1C. The lowest BCUT2D eigenvalue weighted by Gasteiger charge is -2.17. The van der Waals surface area contributed by atoms with Gasteiger partial charge in [0.2, 0.25) is 10.9 Å². The number of imidazole rings is 1. The highest BCUT2D eigenvalue weighted by molar-refractivity contribution is 7.89. The third-order valence-electron chi connectivity index (χ3n) is 4.74. The van der Waals surface area contributed by atoms with Crippen molar-refractivity contribution in [3.63, 3.8) is 0 Å². The Morgan fingerprint density at radius 1 is 1.31 bits per heavy atom. The Bertz CT molecular complexity index is 1040. The number of hydrogen-bond donors (Lipinski definition) is 1. The number of aromatic nitrogens is 3. The van der Waals surface area contributed by atoms with Crippen LogP contribution in [0.5, 0.6) is 0 Å². The Labute approximate surface area is 151 Å². The van der Waals surface area contributed by atoms with E-state index in [1.807, 2.05) is 25.5 Å². The topological polar surface area (TPSA) is 103 Å². The van der Waals surface area contributed by atoms with Crippen molar-refractivity contribution >= 4 is 10.0 Å². The zero-order chi connectivity index (χ0) is 18.5. The number of sulfonamides is 1. The van der Waals surface area contributed by atoms with Crippen molar-refractivity contribution in [2.75, 3.05) is 0 Å². The minimum atomic E-state index is -3.83. The van der Waals surface area contributed by atoms with Crippen molar-refractivity contribution in [3.8, 4) is 11.5 Å². The average Bonchev–Trinajstić information content (AvgIpc) is 2.98. The van der Waals surface area contributed by atoms with Gasteiger partial charge in [-0.3, -0.25) is 0 Å². The van der Waals surface area contributed by atoms with Crippen LogP contribution < -0.4 is 4.72 Å². The molecular formula is C17H20N4O4S. The number of nitrogens with one attached hydrogen (secondary N) is 1. The number of furan rings is 1. The molecule has 1 aliphatic rings. The van der Waals surface area contributed by atoms with Crippen LogP contribution in [-0.4, -0.2) is 23.1 Å². The van der Waals surface area contributed by atoms with Crippen LogP contribution in [0.4, 0.5) is 0 Å². The van der Waals surface area contributed by atoms with Gasteiger partial charge in [0, 0.05) is 25.0 Å². The molecule has 1 fully saturated rings. The maximum absolute atomic E-state index is 12.8. The lowest BCUT2D eigenvalue weighted by atomic mass is 10.2. The smallest absolute Gasteiger partial charge is 0.274 e.